The van der Waals surface area contributed by atoms with E-state index in [-0.39, 0.29) is 11.7 Å². The Morgan fingerprint density at radius 2 is 2.00 bits per heavy atom. The van der Waals surface area contributed by atoms with Crippen molar-refractivity contribution in [1.82, 2.24) is 0 Å². The highest BCUT2D eigenvalue weighted by Gasteiger charge is 2.29. The number of amides is 1. The zero-order valence-corrected chi connectivity index (χ0v) is 17.1. The molecule has 3 nitrogen and oxygen atoms in total. The summed E-state index contributed by atoms with van der Waals surface area (Å²) < 4.78 is 20.4. The topological polar surface area (TPSA) is 38.3 Å². The van der Waals surface area contributed by atoms with Gasteiger partial charge in [-0.15, -0.1) is 5.92 Å². The third-order valence-corrected chi connectivity index (χ3v) is 4.73. The second-order valence-corrected chi connectivity index (χ2v) is 7.75. The van der Waals surface area contributed by atoms with Crippen molar-refractivity contribution in [3.8, 4) is 17.6 Å². The Balaban J connectivity index is 1.99. The quantitative estimate of drug-likeness (QED) is 0.621. The van der Waals surface area contributed by atoms with Crippen LogP contribution in [-0.4, -0.2) is 11.5 Å². The summed E-state index contributed by atoms with van der Waals surface area (Å²) in [6.45, 7) is 7.34. The number of hydrogen-bond donors (Lipinski definition) is 1. The van der Waals surface area contributed by atoms with Crippen LogP contribution in [0, 0.1) is 24.6 Å². The van der Waals surface area contributed by atoms with E-state index >= 15 is 0 Å². The number of rotatable bonds is 2. The second kappa shape index (κ2) is 7.21. The van der Waals surface area contributed by atoms with Crippen LogP contribution in [-0.2, 0) is 0 Å². The molecule has 0 atom stereocenters. The van der Waals surface area contributed by atoms with Crippen LogP contribution in [0.2, 0.25) is 0 Å². The van der Waals surface area contributed by atoms with Crippen LogP contribution in [0.3, 0.4) is 0 Å². The molecule has 27 heavy (non-hydrogen) atoms. The van der Waals surface area contributed by atoms with Gasteiger partial charge in [-0.1, -0.05) is 12.0 Å². The van der Waals surface area contributed by atoms with Gasteiger partial charge in [0.2, 0.25) is 0 Å². The van der Waals surface area contributed by atoms with E-state index in [0.717, 1.165) is 11.1 Å². The van der Waals surface area contributed by atoms with Crippen LogP contribution in [0.15, 0.2) is 40.9 Å². The molecule has 3 rings (SSSR count). The first-order chi connectivity index (χ1) is 12.7. The maximum atomic E-state index is 13.7. The highest BCUT2D eigenvalue weighted by Crippen LogP contribution is 2.41. The molecule has 0 aliphatic carbocycles. The molecule has 0 bridgehead atoms. The Labute approximate surface area is 166 Å². The van der Waals surface area contributed by atoms with E-state index < -0.39 is 5.60 Å². The first kappa shape index (κ1) is 19.2. The van der Waals surface area contributed by atoms with Gasteiger partial charge in [0, 0.05) is 22.4 Å². The standard InChI is InChI=1S/C22H19BrFNO2/c1-5-6-14-12-22(3,4)27-20-17(14)9-15(10-18(20)23)21(26)25-16-8-7-13(2)19(24)11-16/h7-12H,1-4H3,(H,25,26). The predicted molar refractivity (Wildman–Crippen MR) is 109 cm³/mol. The molecule has 1 N–H and O–H groups in total. The molecule has 138 valence electrons. The van der Waals surface area contributed by atoms with Gasteiger partial charge < -0.3 is 10.1 Å². The van der Waals surface area contributed by atoms with E-state index in [1.165, 1.54) is 6.07 Å². The van der Waals surface area contributed by atoms with Crippen LogP contribution >= 0.6 is 15.9 Å². The number of hydrogen-bond acceptors (Lipinski definition) is 2. The number of anilines is 1. The van der Waals surface area contributed by atoms with Gasteiger partial charge in [0.1, 0.15) is 17.2 Å². The molecule has 2 aromatic carbocycles. The van der Waals surface area contributed by atoms with Gasteiger partial charge in [0.25, 0.3) is 5.91 Å². The smallest absolute Gasteiger partial charge is 0.255 e. The van der Waals surface area contributed by atoms with Gasteiger partial charge in [0.05, 0.1) is 4.47 Å². The van der Waals surface area contributed by atoms with Crippen LogP contribution in [0.25, 0.3) is 5.57 Å². The second-order valence-electron chi connectivity index (χ2n) is 6.89. The molecule has 0 unspecified atom stereocenters. The Morgan fingerprint density at radius 3 is 2.67 bits per heavy atom. The van der Waals surface area contributed by atoms with Crippen molar-refractivity contribution < 1.29 is 13.9 Å². The first-order valence-corrected chi connectivity index (χ1v) is 9.25. The fourth-order valence-electron chi connectivity index (χ4n) is 2.86. The number of fused-ring (bicyclic) bond motifs is 1. The van der Waals surface area contributed by atoms with Gasteiger partial charge in [-0.3, -0.25) is 4.79 Å². The number of nitrogens with one attached hydrogen (secondary N) is 1. The van der Waals surface area contributed by atoms with E-state index in [1.807, 2.05) is 19.9 Å². The maximum Gasteiger partial charge on any atom is 0.255 e. The molecule has 1 amide bonds. The van der Waals surface area contributed by atoms with Gasteiger partial charge >= 0.3 is 0 Å². The van der Waals surface area contributed by atoms with Crippen LogP contribution < -0.4 is 10.1 Å². The highest BCUT2D eigenvalue weighted by molar-refractivity contribution is 9.10. The summed E-state index contributed by atoms with van der Waals surface area (Å²) in [4.78, 5) is 12.7. The minimum Gasteiger partial charge on any atom is -0.482 e. The van der Waals surface area contributed by atoms with Crippen LogP contribution in [0.5, 0.6) is 5.75 Å². The minimum atomic E-state index is -0.502. The number of aryl methyl sites for hydroxylation is 1. The van der Waals surface area contributed by atoms with Crippen molar-refractivity contribution >= 4 is 33.1 Å². The molecule has 0 saturated carbocycles. The minimum absolute atomic E-state index is 0.338. The van der Waals surface area contributed by atoms with Crippen molar-refractivity contribution in [2.75, 3.05) is 5.32 Å². The third-order valence-electron chi connectivity index (χ3n) is 4.14. The summed E-state index contributed by atoms with van der Waals surface area (Å²) >= 11 is 3.50. The van der Waals surface area contributed by atoms with Crippen molar-refractivity contribution in [1.29, 1.82) is 0 Å². The average Bonchev–Trinajstić information content (AvgIpc) is 2.58. The average molecular weight is 428 g/mol. The lowest BCUT2D eigenvalue weighted by Gasteiger charge is -2.30. The van der Waals surface area contributed by atoms with Crippen molar-refractivity contribution in [2.24, 2.45) is 0 Å². The van der Waals surface area contributed by atoms with Crippen LogP contribution in [0.4, 0.5) is 10.1 Å². The van der Waals surface area contributed by atoms with E-state index in [1.54, 1.807) is 38.1 Å². The monoisotopic (exact) mass is 427 g/mol. The molecule has 1 aliphatic rings. The highest BCUT2D eigenvalue weighted by atomic mass is 79.9. The molecule has 0 radical (unpaired) electrons. The van der Waals surface area contributed by atoms with Gasteiger partial charge in [0.15, 0.2) is 0 Å². The molecule has 0 fully saturated rings. The Morgan fingerprint density at radius 1 is 1.26 bits per heavy atom. The van der Waals surface area contributed by atoms with E-state index in [4.69, 9.17) is 4.74 Å². The Kier molecular flexibility index (Phi) is 5.12. The summed E-state index contributed by atoms with van der Waals surface area (Å²) in [7, 11) is 0. The molecule has 1 heterocycles. The lowest BCUT2D eigenvalue weighted by molar-refractivity contribution is 0.102. The number of carbonyl (C=O) groups is 1. The molecule has 2 aromatic rings. The van der Waals surface area contributed by atoms with E-state index in [9.17, 15) is 9.18 Å². The molecular formula is C22H19BrFNO2. The summed E-state index contributed by atoms with van der Waals surface area (Å²) in [5.41, 5.74) is 2.40. The maximum absolute atomic E-state index is 13.7. The van der Waals surface area contributed by atoms with Gasteiger partial charge in [-0.05, 0) is 79.5 Å². The number of allylic oxidation sites excluding steroid dienone is 1. The third kappa shape index (κ3) is 4.06. The number of carbonyl (C=O) groups excluding carboxylic acids is 1. The number of halogens is 2. The molecule has 0 saturated heterocycles. The van der Waals surface area contributed by atoms with E-state index in [0.29, 0.717) is 27.0 Å². The summed E-state index contributed by atoms with van der Waals surface area (Å²) in [6, 6.07) is 8.04. The SMILES string of the molecule is CC#CC1=CC(C)(C)Oc2c(Br)cc(C(=O)Nc3ccc(C)c(F)c3)cc21. The molecule has 0 spiro atoms. The fourth-order valence-corrected chi connectivity index (χ4v) is 3.40. The molecule has 0 aromatic heterocycles. The van der Waals surface area contributed by atoms with Gasteiger partial charge in [-0.2, -0.15) is 0 Å². The zero-order valence-electron chi connectivity index (χ0n) is 15.5. The Hall–Kier alpha value is -2.58. The van der Waals surface area contributed by atoms with Gasteiger partial charge in [-0.25, -0.2) is 4.39 Å². The molecule has 5 heteroatoms. The summed E-state index contributed by atoms with van der Waals surface area (Å²) in [5.74, 6) is 5.94. The fraction of sp³-hybridized carbons (Fsp3) is 0.227. The van der Waals surface area contributed by atoms with Crippen molar-refractivity contribution in [3.63, 3.8) is 0 Å². The van der Waals surface area contributed by atoms with E-state index in [2.05, 4.69) is 33.1 Å². The number of benzene rings is 2. The number of ether oxygens (including phenoxy) is 1. The van der Waals surface area contributed by atoms with Crippen LogP contribution in [0.1, 0.15) is 42.3 Å². The molecule has 1 aliphatic heterocycles. The zero-order chi connectivity index (χ0) is 19.8. The molecular weight excluding hydrogens is 409 g/mol. The summed E-state index contributed by atoms with van der Waals surface area (Å²) in [5, 5.41) is 2.73. The normalized spacial score (nSPS) is 14.2. The van der Waals surface area contributed by atoms with Crippen molar-refractivity contribution in [2.45, 2.75) is 33.3 Å². The predicted octanol–water partition coefficient (Wildman–Crippen LogP) is 5.73. The Bertz CT molecular complexity index is 1030. The summed E-state index contributed by atoms with van der Waals surface area (Å²) in [6.07, 6.45) is 1.94. The first-order valence-electron chi connectivity index (χ1n) is 8.46. The lowest BCUT2D eigenvalue weighted by atomic mass is 9.93. The van der Waals surface area contributed by atoms with Crippen molar-refractivity contribution in [3.05, 3.63) is 63.4 Å². The largest absolute Gasteiger partial charge is 0.482 e. The lowest BCUT2D eigenvalue weighted by Crippen LogP contribution is -2.29.